The Morgan fingerprint density at radius 1 is 1.12 bits per heavy atom. The van der Waals surface area contributed by atoms with Crippen LogP contribution in [-0.4, -0.2) is 42.3 Å². The number of fused-ring (bicyclic) bond motifs is 5. The first-order valence-electron chi connectivity index (χ1n) is 13.6. The second-order valence-electron chi connectivity index (χ2n) is 12.3. The molecule has 0 bridgehead atoms. The van der Waals surface area contributed by atoms with Gasteiger partial charge in [0.15, 0.2) is 0 Å². The molecular weight excluding hydrogens is 412 g/mol. The van der Waals surface area contributed by atoms with E-state index in [4.69, 9.17) is 9.15 Å². The molecule has 8 atom stereocenters. The molecule has 6 rings (SSSR count). The number of amidine groups is 1. The molecule has 1 aromatic heterocycles. The van der Waals surface area contributed by atoms with Gasteiger partial charge in [-0.3, -0.25) is 4.99 Å². The fourth-order valence-corrected chi connectivity index (χ4v) is 9.28. The zero-order valence-electron chi connectivity index (χ0n) is 20.5. The number of hydrogen-bond acceptors (Lipinski definition) is 5. The van der Waals surface area contributed by atoms with E-state index in [1.165, 1.54) is 44.1 Å². The van der Waals surface area contributed by atoms with Crippen molar-refractivity contribution in [1.82, 2.24) is 5.32 Å². The molecule has 4 fully saturated rings. The van der Waals surface area contributed by atoms with E-state index in [1.54, 1.807) is 6.26 Å². The van der Waals surface area contributed by atoms with E-state index in [1.807, 2.05) is 6.26 Å². The Bertz CT molecular complexity index is 884. The lowest BCUT2D eigenvalue weighted by molar-refractivity contribution is -0.207. The van der Waals surface area contributed by atoms with Crippen LogP contribution in [0.4, 0.5) is 0 Å². The number of hydrogen-bond donors (Lipinski definition) is 2. The van der Waals surface area contributed by atoms with Crippen molar-refractivity contribution in [3.8, 4) is 0 Å². The predicted molar refractivity (Wildman–Crippen MR) is 129 cm³/mol. The van der Waals surface area contributed by atoms with Crippen LogP contribution in [0.3, 0.4) is 0 Å². The van der Waals surface area contributed by atoms with Crippen molar-refractivity contribution in [2.24, 2.45) is 33.6 Å². The molecule has 3 unspecified atom stereocenters. The van der Waals surface area contributed by atoms with Gasteiger partial charge in [-0.15, -0.1) is 0 Å². The minimum atomic E-state index is -0.534. The van der Waals surface area contributed by atoms with Crippen molar-refractivity contribution in [2.75, 3.05) is 19.7 Å². The lowest BCUT2D eigenvalue weighted by Crippen LogP contribution is -2.62. The number of aliphatic imine (C=N–C) groups is 1. The van der Waals surface area contributed by atoms with Crippen molar-refractivity contribution < 1.29 is 14.3 Å². The Morgan fingerprint density at radius 2 is 2.03 bits per heavy atom. The van der Waals surface area contributed by atoms with Gasteiger partial charge in [0.2, 0.25) is 0 Å². The van der Waals surface area contributed by atoms with Crippen LogP contribution < -0.4 is 5.32 Å². The van der Waals surface area contributed by atoms with Crippen LogP contribution in [0.1, 0.15) is 89.5 Å². The number of aliphatic hydroxyl groups is 1. The van der Waals surface area contributed by atoms with Crippen LogP contribution >= 0.6 is 0 Å². The average molecular weight is 455 g/mol. The second kappa shape index (κ2) is 8.12. The molecule has 0 saturated heterocycles. The topological polar surface area (TPSA) is 67.0 Å². The van der Waals surface area contributed by atoms with Crippen LogP contribution in [0.2, 0.25) is 0 Å². The Labute approximate surface area is 198 Å². The molecule has 4 saturated carbocycles. The number of rotatable bonds is 5. The minimum absolute atomic E-state index is 0.0292. The van der Waals surface area contributed by atoms with Gasteiger partial charge >= 0.3 is 0 Å². The van der Waals surface area contributed by atoms with Crippen molar-refractivity contribution >= 4 is 5.84 Å². The van der Waals surface area contributed by atoms with Gasteiger partial charge in [0, 0.05) is 18.4 Å². The van der Waals surface area contributed by atoms with E-state index in [0.717, 1.165) is 57.1 Å². The maximum Gasteiger partial charge on any atom is 0.0987 e. The molecular formula is C28H42N2O3. The number of furan rings is 1. The molecule has 1 aromatic rings. The first-order chi connectivity index (χ1) is 15.9. The number of nitrogens with one attached hydrogen (secondary N) is 1. The Morgan fingerprint density at radius 3 is 2.82 bits per heavy atom. The summed E-state index contributed by atoms with van der Waals surface area (Å²) in [4.78, 5) is 4.50. The summed E-state index contributed by atoms with van der Waals surface area (Å²) in [6.07, 6.45) is 15.5. The zero-order valence-corrected chi connectivity index (χ0v) is 20.5. The van der Waals surface area contributed by atoms with E-state index in [0.29, 0.717) is 29.3 Å². The number of nitrogens with zero attached hydrogens (tertiary/aromatic N) is 1. The summed E-state index contributed by atoms with van der Waals surface area (Å²) in [7, 11) is 0. The third-order valence-corrected chi connectivity index (χ3v) is 11.2. The molecule has 2 N–H and O–H groups in total. The summed E-state index contributed by atoms with van der Waals surface area (Å²) in [5, 5.41) is 15.7. The molecule has 0 aromatic carbocycles. The first-order valence-corrected chi connectivity index (χ1v) is 13.6. The van der Waals surface area contributed by atoms with Gasteiger partial charge in [0.25, 0.3) is 0 Å². The van der Waals surface area contributed by atoms with Crippen LogP contribution in [0, 0.1) is 28.6 Å². The minimum Gasteiger partial charge on any atom is -0.472 e. The van der Waals surface area contributed by atoms with Crippen molar-refractivity contribution in [3.05, 3.63) is 24.2 Å². The van der Waals surface area contributed by atoms with Crippen LogP contribution in [0.15, 0.2) is 28.0 Å². The summed E-state index contributed by atoms with van der Waals surface area (Å²) < 4.78 is 11.8. The largest absolute Gasteiger partial charge is 0.472 e. The standard InChI is InChI=1S/C28H42N2O3/c1-26-10-5-21(33-16-9-25-29-13-14-30-25)17-20(26)3-4-24-23(26)6-11-27(2)22(7-12-28(24,27)31)19-8-15-32-18-19/h8,15,18,20-24,31H,3-7,9-14,16-17H2,1-2H3,(H,29,30)/t20?,21?,22?,23-,24-,26+,27-,28-/m1/s1. The molecule has 182 valence electrons. The quantitative estimate of drug-likeness (QED) is 0.634. The van der Waals surface area contributed by atoms with Gasteiger partial charge in [-0.25, -0.2) is 0 Å². The maximum atomic E-state index is 12.3. The van der Waals surface area contributed by atoms with Crippen molar-refractivity contribution in [2.45, 2.75) is 95.7 Å². The molecule has 5 nitrogen and oxygen atoms in total. The van der Waals surface area contributed by atoms with Crippen molar-refractivity contribution in [1.29, 1.82) is 0 Å². The summed E-state index contributed by atoms with van der Waals surface area (Å²) in [6.45, 7) is 7.64. The molecule has 5 heteroatoms. The van der Waals surface area contributed by atoms with E-state index in [-0.39, 0.29) is 5.41 Å². The highest BCUT2D eigenvalue weighted by Gasteiger charge is 2.67. The predicted octanol–water partition coefficient (Wildman–Crippen LogP) is 5.30. The lowest BCUT2D eigenvalue weighted by atomic mass is 9.43. The monoisotopic (exact) mass is 454 g/mol. The molecule has 0 radical (unpaired) electrons. The third kappa shape index (κ3) is 3.36. The highest BCUT2D eigenvalue weighted by molar-refractivity contribution is 5.83. The summed E-state index contributed by atoms with van der Waals surface area (Å²) >= 11 is 0. The van der Waals surface area contributed by atoms with Gasteiger partial charge in [0.1, 0.15) is 0 Å². The van der Waals surface area contributed by atoms with Gasteiger partial charge in [-0.2, -0.15) is 0 Å². The average Bonchev–Trinajstić information content (AvgIpc) is 3.55. The molecule has 4 aliphatic carbocycles. The summed E-state index contributed by atoms with van der Waals surface area (Å²) in [5.74, 6) is 3.38. The normalized spacial score (nSPS) is 46.8. The van der Waals surface area contributed by atoms with E-state index in [9.17, 15) is 5.11 Å². The fourth-order valence-electron chi connectivity index (χ4n) is 9.28. The molecule has 0 amide bonds. The summed E-state index contributed by atoms with van der Waals surface area (Å²) in [5.41, 5.74) is 1.08. The SMILES string of the molecule is C[C@]12CCC(OCCC3=NCCN3)CC1CC[C@@H]1[C@H]2CC[C@]2(C)C(c3ccoc3)CC[C@@]12O. The van der Waals surface area contributed by atoms with Gasteiger partial charge < -0.3 is 19.6 Å². The van der Waals surface area contributed by atoms with Crippen LogP contribution in [-0.2, 0) is 4.74 Å². The number of ether oxygens (including phenoxy) is 1. The maximum absolute atomic E-state index is 12.3. The van der Waals surface area contributed by atoms with Crippen LogP contribution in [0.5, 0.6) is 0 Å². The molecule has 1 aliphatic heterocycles. The Hall–Kier alpha value is -1.33. The highest BCUT2D eigenvalue weighted by atomic mass is 16.5. The summed E-state index contributed by atoms with van der Waals surface area (Å²) in [6, 6.07) is 2.13. The molecule has 5 aliphatic rings. The Kier molecular flexibility index (Phi) is 5.45. The van der Waals surface area contributed by atoms with Gasteiger partial charge in [-0.05, 0) is 98.5 Å². The fraction of sp³-hybridized carbons (Fsp3) is 0.821. The second-order valence-corrected chi connectivity index (χ2v) is 12.3. The van der Waals surface area contributed by atoms with Crippen molar-refractivity contribution in [3.63, 3.8) is 0 Å². The molecule has 2 heterocycles. The zero-order chi connectivity index (χ0) is 22.7. The van der Waals surface area contributed by atoms with Gasteiger partial charge in [0.05, 0.1) is 43.2 Å². The Balaban J connectivity index is 1.14. The molecule has 33 heavy (non-hydrogen) atoms. The molecule has 0 spiro atoms. The van der Waals surface area contributed by atoms with E-state index in [2.05, 4.69) is 30.2 Å². The lowest BCUT2D eigenvalue weighted by Gasteiger charge is -2.63. The van der Waals surface area contributed by atoms with E-state index < -0.39 is 5.60 Å². The first kappa shape index (κ1) is 22.2. The van der Waals surface area contributed by atoms with E-state index >= 15 is 0 Å². The smallest absolute Gasteiger partial charge is 0.0987 e. The van der Waals surface area contributed by atoms with Gasteiger partial charge in [-0.1, -0.05) is 13.8 Å². The third-order valence-electron chi connectivity index (χ3n) is 11.2. The van der Waals surface area contributed by atoms with Crippen LogP contribution in [0.25, 0.3) is 0 Å². The highest BCUT2D eigenvalue weighted by Crippen LogP contribution is 2.70.